The van der Waals surface area contributed by atoms with E-state index in [-0.39, 0.29) is 12.2 Å². The van der Waals surface area contributed by atoms with Crippen molar-refractivity contribution in [2.45, 2.75) is 19.9 Å². The number of ketones is 1. The molecule has 1 aromatic carbocycles. The molecular formula is C19H17NO6. The average Bonchev–Trinajstić information content (AvgIpc) is 3.23. The lowest BCUT2D eigenvalue weighted by atomic mass is 10.0. The second kappa shape index (κ2) is 6.87. The number of aliphatic hydroxyl groups is 1. The molecule has 1 aromatic heterocycles. The fourth-order valence-electron chi connectivity index (χ4n) is 2.92. The molecule has 0 unspecified atom stereocenters. The fraction of sp³-hybridized carbons (Fsp3) is 0.211. The van der Waals surface area contributed by atoms with Crippen LogP contribution >= 0.6 is 0 Å². The number of carbonyl (C=O) groups is 3. The number of furan rings is 1. The first-order chi connectivity index (χ1) is 12.5. The van der Waals surface area contributed by atoms with Crippen LogP contribution in [0.25, 0.3) is 0 Å². The molecule has 2 heterocycles. The number of ether oxygens (including phenoxy) is 1. The van der Waals surface area contributed by atoms with Crippen LogP contribution in [0.1, 0.15) is 36.0 Å². The lowest BCUT2D eigenvalue weighted by Gasteiger charge is -2.24. The zero-order chi connectivity index (χ0) is 18.8. The molecule has 1 aliphatic heterocycles. The molecule has 134 valence electrons. The van der Waals surface area contributed by atoms with Gasteiger partial charge in [-0.1, -0.05) is 0 Å². The van der Waals surface area contributed by atoms with Gasteiger partial charge in [0.2, 0.25) is 0 Å². The lowest BCUT2D eigenvalue weighted by Crippen LogP contribution is -2.30. The third-order valence-electron chi connectivity index (χ3n) is 4.06. The fourth-order valence-corrected chi connectivity index (χ4v) is 2.92. The smallest absolute Gasteiger partial charge is 0.338 e. The zero-order valence-corrected chi connectivity index (χ0v) is 14.3. The van der Waals surface area contributed by atoms with Gasteiger partial charge in [-0.3, -0.25) is 14.5 Å². The highest BCUT2D eigenvalue weighted by Crippen LogP contribution is 2.40. The Labute approximate surface area is 149 Å². The van der Waals surface area contributed by atoms with Gasteiger partial charge in [-0.25, -0.2) is 4.79 Å². The number of Topliss-reactive ketones (excluding diaryl/α,β-unsaturated/α-hetero) is 1. The van der Waals surface area contributed by atoms with E-state index in [1.54, 1.807) is 31.2 Å². The van der Waals surface area contributed by atoms with Crippen LogP contribution in [0.5, 0.6) is 0 Å². The van der Waals surface area contributed by atoms with Gasteiger partial charge in [-0.2, -0.15) is 0 Å². The highest BCUT2D eigenvalue weighted by Gasteiger charge is 2.44. The second-order valence-electron chi connectivity index (χ2n) is 5.68. The minimum Gasteiger partial charge on any atom is -0.503 e. The average molecular weight is 355 g/mol. The van der Waals surface area contributed by atoms with Gasteiger partial charge in [-0.05, 0) is 50.2 Å². The zero-order valence-electron chi connectivity index (χ0n) is 14.3. The van der Waals surface area contributed by atoms with E-state index in [2.05, 4.69) is 0 Å². The summed E-state index contributed by atoms with van der Waals surface area (Å²) in [6, 6.07) is 8.52. The highest BCUT2D eigenvalue weighted by atomic mass is 16.5. The van der Waals surface area contributed by atoms with Crippen molar-refractivity contribution >= 4 is 23.3 Å². The van der Waals surface area contributed by atoms with Crippen molar-refractivity contribution < 1.29 is 28.6 Å². The van der Waals surface area contributed by atoms with E-state index in [1.165, 1.54) is 30.2 Å². The minimum absolute atomic E-state index is 0.0283. The van der Waals surface area contributed by atoms with E-state index < -0.39 is 29.5 Å². The number of aliphatic hydroxyl groups excluding tert-OH is 1. The normalized spacial score (nSPS) is 16.9. The molecule has 0 saturated heterocycles. The molecular weight excluding hydrogens is 338 g/mol. The minimum atomic E-state index is -0.872. The number of amides is 1. The number of hydrogen-bond acceptors (Lipinski definition) is 6. The highest BCUT2D eigenvalue weighted by molar-refractivity contribution is 6.16. The predicted octanol–water partition coefficient (Wildman–Crippen LogP) is 2.95. The van der Waals surface area contributed by atoms with Crippen LogP contribution in [0.2, 0.25) is 0 Å². The van der Waals surface area contributed by atoms with Crippen molar-refractivity contribution in [1.29, 1.82) is 0 Å². The van der Waals surface area contributed by atoms with Crippen LogP contribution in [0.4, 0.5) is 5.69 Å². The van der Waals surface area contributed by atoms with Crippen LogP contribution in [0.15, 0.2) is 58.4 Å². The van der Waals surface area contributed by atoms with Crippen molar-refractivity contribution in [2.75, 3.05) is 11.5 Å². The quantitative estimate of drug-likeness (QED) is 0.828. The largest absolute Gasteiger partial charge is 0.503 e. The molecule has 0 saturated carbocycles. The summed E-state index contributed by atoms with van der Waals surface area (Å²) in [6.45, 7) is 3.24. The summed E-state index contributed by atoms with van der Waals surface area (Å²) in [6.07, 6.45) is 1.43. The summed E-state index contributed by atoms with van der Waals surface area (Å²) in [5.41, 5.74) is 0.715. The maximum absolute atomic E-state index is 12.6. The van der Waals surface area contributed by atoms with Crippen molar-refractivity contribution in [1.82, 2.24) is 0 Å². The Kier molecular flexibility index (Phi) is 4.62. The maximum Gasteiger partial charge on any atom is 0.338 e. The number of esters is 1. The Bertz CT molecular complexity index is 879. The Balaban J connectivity index is 2.02. The molecule has 2 aromatic rings. The van der Waals surface area contributed by atoms with Gasteiger partial charge in [0.05, 0.1) is 24.0 Å². The van der Waals surface area contributed by atoms with Crippen molar-refractivity contribution in [3.63, 3.8) is 0 Å². The molecule has 26 heavy (non-hydrogen) atoms. The maximum atomic E-state index is 12.6. The molecule has 1 amide bonds. The van der Waals surface area contributed by atoms with Crippen LogP contribution in [-0.4, -0.2) is 29.4 Å². The summed E-state index contributed by atoms with van der Waals surface area (Å²) >= 11 is 0. The van der Waals surface area contributed by atoms with E-state index >= 15 is 0 Å². The monoisotopic (exact) mass is 355 g/mol. The molecule has 1 aliphatic rings. The van der Waals surface area contributed by atoms with Crippen LogP contribution in [0, 0.1) is 0 Å². The van der Waals surface area contributed by atoms with Crippen molar-refractivity contribution in [3.8, 4) is 0 Å². The van der Waals surface area contributed by atoms with Gasteiger partial charge in [-0.15, -0.1) is 0 Å². The molecule has 7 heteroatoms. The first-order valence-corrected chi connectivity index (χ1v) is 8.04. The summed E-state index contributed by atoms with van der Waals surface area (Å²) in [7, 11) is 0. The van der Waals surface area contributed by atoms with E-state index in [1.807, 2.05) is 0 Å². The lowest BCUT2D eigenvalue weighted by molar-refractivity contribution is -0.117. The first-order valence-electron chi connectivity index (χ1n) is 8.04. The molecule has 0 aliphatic carbocycles. The van der Waals surface area contributed by atoms with Crippen molar-refractivity contribution in [3.05, 3.63) is 65.3 Å². The molecule has 1 atom stereocenters. The number of anilines is 1. The van der Waals surface area contributed by atoms with Gasteiger partial charge in [0.15, 0.2) is 11.5 Å². The molecule has 0 fully saturated rings. The van der Waals surface area contributed by atoms with E-state index in [9.17, 15) is 19.5 Å². The number of nitrogens with zero attached hydrogens (tertiary/aromatic N) is 1. The molecule has 1 N–H and O–H groups in total. The SMILES string of the molecule is CCOC(=O)c1ccc(N2C(=O)C(O)=C(C(C)=O)[C@H]2c2ccco2)cc1. The third-order valence-corrected chi connectivity index (χ3v) is 4.06. The van der Waals surface area contributed by atoms with Gasteiger partial charge < -0.3 is 14.3 Å². The Morgan fingerprint density at radius 2 is 1.92 bits per heavy atom. The number of carbonyl (C=O) groups excluding carboxylic acids is 3. The molecule has 3 rings (SSSR count). The van der Waals surface area contributed by atoms with Gasteiger partial charge in [0.25, 0.3) is 5.91 Å². The van der Waals surface area contributed by atoms with Gasteiger partial charge in [0.1, 0.15) is 11.8 Å². The molecule has 0 radical (unpaired) electrons. The first kappa shape index (κ1) is 17.5. The van der Waals surface area contributed by atoms with Crippen LogP contribution in [-0.2, 0) is 14.3 Å². The van der Waals surface area contributed by atoms with E-state index in [4.69, 9.17) is 9.15 Å². The van der Waals surface area contributed by atoms with E-state index in [0.29, 0.717) is 17.0 Å². The number of benzene rings is 1. The van der Waals surface area contributed by atoms with Gasteiger partial charge >= 0.3 is 5.97 Å². The Hall–Kier alpha value is -3.35. The Morgan fingerprint density at radius 3 is 2.46 bits per heavy atom. The summed E-state index contributed by atoms with van der Waals surface area (Å²) < 4.78 is 10.3. The van der Waals surface area contributed by atoms with Crippen molar-refractivity contribution in [2.24, 2.45) is 0 Å². The van der Waals surface area contributed by atoms with Crippen LogP contribution < -0.4 is 4.90 Å². The topological polar surface area (TPSA) is 97.0 Å². The predicted molar refractivity (Wildman–Crippen MR) is 91.7 cm³/mol. The standard InChI is InChI=1S/C19H17NO6/c1-3-25-19(24)12-6-8-13(9-7-12)20-16(14-5-4-10-26-14)15(11(2)21)17(22)18(20)23/h4-10,16,22H,3H2,1-2H3/t16-/m1/s1. The molecule has 0 bridgehead atoms. The van der Waals surface area contributed by atoms with Crippen LogP contribution in [0.3, 0.4) is 0 Å². The van der Waals surface area contributed by atoms with Gasteiger partial charge in [0, 0.05) is 5.69 Å². The number of rotatable bonds is 5. The summed E-state index contributed by atoms with van der Waals surface area (Å²) in [5, 5.41) is 10.2. The molecule has 7 nitrogen and oxygen atoms in total. The summed E-state index contributed by atoms with van der Waals surface area (Å²) in [5.74, 6) is -1.86. The number of hydrogen-bond donors (Lipinski definition) is 1. The third kappa shape index (κ3) is 2.88. The van der Waals surface area contributed by atoms with E-state index in [0.717, 1.165) is 0 Å². The summed E-state index contributed by atoms with van der Waals surface area (Å²) in [4.78, 5) is 37.6. The Morgan fingerprint density at radius 1 is 1.23 bits per heavy atom. The second-order valence-corrected chi connectivity index (χ2v) is 5.68. The molecule has 0 spiro atoms.